The van der Waals surface area contributed by atoms with Crippen molar-refractivity contribution in [3.8, 4) is 5.75 Å². The first-order valence-corrected chi connectivity index (χ1v) is 9.11. The average molecular weight is 362 g/mol. The van der Waals surface area contributed by atoms with E-state index in [1.165, 1.54) is 16.7 Å². The Balaban J connectivity index is 1.65. The second kappa shape index (κ2) is 8.54. The van der Waals surface area contributed by atoms with Gasteiger partial charge in [-0.05, 0) is 62.1 Å². The predicted molar refractivity (Wildman–Crippen MR) is 111 cm³/mol. The van der Waals surface area contributed by atoms with Crippen molar-refractivity contribution in [1.29, 1.82) is 0 Å². The van der Waals surface area contributed by atoms with Gasteiger partial charge in [-0.25, -0.2) is 4.98 Å². The van der Waals surface area contributed by atoms with Gasteiger partial charge in [0.2, 0.25) is 5.95 Å². The summed E-state index contributed by atoms with van der Waals surface area (Å²) in [5, 5.41) is 6.73. The third kappa shape index (κ3) is 4.97. The van der Waals surface area contributed by atoms with Crippen LogP contribution in [0.25, 0.3) is 0 Å². The van der Waals surface area contributed by atoms with Crippen LogP contribution >= 0.6 is 0 Å². The van der Waals surface area contributed by atoms with E-state index in [2.05, 4.69) is 58.7 Å². The van der Waals surface area contributed by atoms with E-state index >= 15 is 0 Å². The first-order valence-electron chi connectivity index (χ1n) is 9.11. The fraction of sp³-hybridized carbons (Fsp3) is 0.273. The molecule has 0 saturated heterocycles. The van der Waals surface area contributed by atoms with E-state index in [9.17, 15) is 0 Å². The van der Waals surface area contributed by atoms with E-state index in [4.69, 9.17) is 4.74 Å². The van der Waals surface area contributed by atoms with Crippen molar-refractivity contribution in [3.05, 3.63) is 70.9 Å². The Kier molecular flexibility index (Phi) is 5.91. The van der Waals surface area contributed by atoms with Gasteiger partial charge in [-0.3, -0.25) is 0 Å². The second-order valence-corrected chi connectivity index (χ2v) is 6.62. The largest absolute Gasteiger partial charge is 0.497 e. The summed E-state index contributed by atoms with van der Waals surface area (Å²) < 4.78 is 5.19. The molecule has 0 aliphatic rings. The lowest BCUT2D eigenvalue weighted by molar-refractivity contribution is 0.414. The summed E-state index contributed by atoms with van der Waals surface area (Å²) in [6, 6.07) is 16.3. The molecule has 1 heterocycles. The summed E-state index contributed by atoms with van der Waals surface area (Å²) in [7, 11) is 1.68. The van der Waals surface area contributed by atoms with Crippen LogP contribution in [0.15, 0.2) is 48.5 Å². The van der Waals surface area contributed by atoms with Crippen molar-refractivity contribution in [2.75, 3.05) is 24.3 Å². The number of aryl methyl sites for hydroxylation is 2. The summed E-state index contributed by atoms with van der Waals surface area (Å²) in [5.41, 5.74) is 5.71. The van der Waals surface area contributed by atoms with E-state index in [1.54, 1.807) is 7.11 Å². The molecule has 0 atom stereocenters. The SMILES string of the molecule is COc1ccc(CCNc2nc(C)cc(Nc3cccc(C)c3C)n2)cc1. The first-order chi connectivity index (χ1) is 13.0. The van der Waals surface area contributed by atoms with Crippen LogP contribution in [0.4, 0.5) is 17.5 Å². The van der Waals surface area contributed by atoms with E-state index in [1.807, 2.05) is 31.2 Å². The average Bonchev–Trinajstić information content (AvgIpc) is 2.66. The molecule has 5 nitrogen and oxygen atoms in total. The number of hydrogen-bond acceptors (Lipinski definition) is 5. The fourth-order valence-electron chi connectivity index (χ4n) is 2.85. The van der Waals surface area contributed by atoms with E-state index < -0.39 is 0 Å². The molecule has 0 spiro atoms. The molecule has 3 rings (SSSR count). The zero-order valence-corrected chi connectivity index (χ0v) is 16.3. The van der Waals surface area contributed by atoms with Gasteiger partial charge in [-0.2, -0.15) is 4.98 Å². The molecule has 0 fully saturated rings. The number of rotatable bonds is 7. The quantitative estimate of drug-likeness (QED) is 0.632. The molecule has 0 saturated carbocycles. The molecule has 5 heteroatoms. The maximum Gasteiger partial charge on any atom is 0.224 e. The van der Waals surface area contributed by atoms with Crippen LogP contribution in [0.1, 0.15) is 22.4 Å². The molecule has 2 N–H and O–H groups in total. The molecule has 0 amide bonds. The van der Waals surface area contributed by atoms with Gasteiger partial charge in [0.05, 0.1) is 7.11 Å². The van der Waals surface area contributed by atoms with Crippen molar-refractivity contribution in [2.24, 2.45) is 0 Å². The van der Waals surface area contributed by atoms with Gasteiger partial charge in [0.25, 0.3) is 0 Å². The number of aromatic nitrogens is 2. The van der Waals surface area contributed by atoms with Crippen molar-refractivity contribution in [2.45, 2.75) is 27.2 Å². The highest BCUT2D eigenvalue weighted by Crippen LogP contribution is 2.22. The Morgan fingerprint density at radius 3 is 2.48 bits per heavy atom. The summed E-state index contributed by atoms with van der Waals surface area (Å²) in [5.74, 6) is 2.30. The van der Waals surface area contributed by atoms with Crippen molar-refractivity contribution in [3.63, 3.8) is 0 Å². The van der Waals surface area contributed by atoms with Gasteiger partial charge in [0.15, 0.2) is 0 Å². The molecule has 0 unspecified atom stereocenters. The van der Waals surface area contributed by atoms with Gasteiger partial charge in [-0.15, -0.1) is 0 Å². The topological polar surface area (TPSA) is 59.1 Å². The van der Waals surface area contributed by atoms with Crippen LogP contribution in [-0.2, 0) is 6.42 Å². The minimum atomic E-state index is 0.635. The smallest absolute Gasteiger partial charge is 0.224 e. The van der Waals surface area contributed by atoms with Crippen LogP contribution in [-0.4, -0.2) is 23.6 Å². The molecule has 27 heavy (non-hydrogen) atoms. The van der Waals surface area contributed by atoms with Crippen LogP contribution in [0, 0.1) is 20.8 Å². The van der Waals surface area contributed by atoms with Gasteiger partial charge >= 0.3 is 0 Å². The number of ether oxygens (including phenoxy) is 1. The molecule has 0 aliphatic carbocycles. The molecule has 1 aromatic heterocycles. The van der Waals surface area contributed by atoms with E-state index in [-0.39, 0.29) is 0 Å². The van der Waals surface area contributed by atoms with Gasteiger partial charge in [0.1, 0.15) is 11.6 Å². The number of benzene rings is 2. The zero-order chi connectivity index (χ0) is 19.2. The number of nitrogens with one attached hydrogen (secondary N) is 2. The molecule has 0 aliphatic heterocycles. The number of anilines is 3. The van der Waals surface area contributed by atoms with Crippen LogP contribution in [0.5, 0.6) is 5.75 Å². The molecule has 140 valence electrons. The zero-order valence-electron chi connectivity index (χ0n) is 16.3. The molecule has 3 aromatic rings. The third-order valence-electron chi connectivity index (χ3n) is 4.58. The highest BCUT2D eigenvalue weighted by atomic mass is 16.5. The maximum atomic E-state index is 5.19. The van der Waals surface area contributed by atoms with Gasteiger partial charge < -0.3 is 15.4 Å². The molecule has 2 aromatic carbocycles. The molecular formula is C22H26N4O. The van der Waals surface area contributed by atoms with Gasteiger partial charge in [-0.1, -0.05) is 24.3 Å². The maximum absolute atomic E-state index is 5.19. The minimum Gasteiger partial charge on any atom is -0.497 e. The Morgan fingerprint density at radius 1 is 0.963 bits per heavy atom. The lowest BCUT2D eigenvalue weighted by atomic mass is 10.1. The highest BCUT2D eigenvalue weighted by molar-refractivity contribution is 5.62. The number of hydrogen-bond donors (Lipinski definition) is 2. The van der Waals surface area contributed by atoms with Crippen molar-refractivity contribution in [1.82, 2.24) is 9.97 Å². The summed E-state index contributed by atoms with van der Waals surface area (Å²) >= 11 is 0. The highest BCUT2D eigenvalue weighted by Gasteiger charge is 2.06. The van der Waals surface area contributed by atoms with Crippen LogP contribution in [0.2, 0.25) is 0 Å². The Bertz CT molecular complexity index is 907. The van der Waals surface area contributed by atoms with Crippen LogP contribution in [0.3, 0.4) is 0 Å². The van der Waals surface area contributed by atoms with E-state index in [0.29, 0.717) is 5.95 Å². The predicted octanol–water partition coefficient (Wildman–Crippen LogP) is 4.81. The Morgan fingerprint density at radius 2 is 1.74 bits per heavy atom. The lowest BCUT2D eigenvalue weighted by Crippen LogP contribution is -2.10. The fourth-order valence-corrected chi connectivity index (χ4v) is 2.85. The Hall–Kier alpha value is -3.08. The standard InChI is InChI=1S/C22H26N4O/c1-15-6-5-7-20(17(15)3)25-21-14-16(2)24-22(26-21)23-13-12-18-8-10-19(27-4)11-9-18/h5-11,14H,12-13H2,1-4H3,(H2,23,24,25,26). The van der Waals surface area contributed by atoms with Crippen molar-refractivity contribution < 1.29 is 4.74 Å². The first kappa shape index (κ1) is 18.7. The third-order valence-corrected chi connectivity index (χ3v) is 4.58. The van der Waals surface area contributed by atoms with E-state index in [0.717, 1.165) is 35.9 Å². The molecule has 0 radical (unpaired) electrons. The minimum absolute atomic E-state index is 0.635. The molecular weight excluding hydrogens is 336 g/mol. The second-order valence-electron chi connectivity index (χ2n) is 6.62. The normalized spacial score (nSPS) is 10.5. The number of methoxy groups -OCH3 is 1. The van der Waals surface area contributed by atoms with Gasteiger partial charge in [0, 0.05) is 24.0 Å². The molecule has 0 bridgehead atoms. The summed E-state index contributed by atoms with van der Waals surface area (Å²) in [4.78, 5) is 9.10. The lowest BCUT2D eigenvalue weighted by Gasteiger charge is -2.13. The Labute approximate surface area is 160 Å². The van der Waals surface area contributed by atoms with Crippen LogP contribution < -0.4 is 15.4 Å². The summed E-state index contributed by atoms with van der Waals surface area (Å²) in [6.45, 7) is 6.96. The monoisotopic (exact) mass is 362 g/mol. The summed E-state index contributed by atoms with van der Waals surface area (Å²) in [6.07, 6.45) is 0.890. The number of nitrogens with zero attached hydrogens (tertiary/aromatic N) is 2. The van der Waals surface area contributed by atoms with Crippen molar-refractivity contribution >= 4 is 17.5 Å².